The standard InChI is InChI=1S/C6H5N2S/c9-5-2-6-7-3-1-4-8-6/h1,3-4H,2H2. The van der Waals surface area contributed by atoms with Crippen LogP contribution >= 0.6 is 12.2 Å². The van der Waals surface area contributed by atoms with Gasteiger partial charge in [-0.25, -0.2) is 9.97 Å². The van der Waals surface area contributed by atoms with Crippen molar-refractivity contribution in [3.8, 4) is 0 Å². The Hall–Kier alpha value is -0.830. The fraction of sp³-hybridized carbons (Fsp3) is 0.167. The summed E-state index contributed by atoms with van der Waals surface area (Å²) in [5.74, 6) is 0.729. The molecule has 1 aromatic heterocycles. The van der Waals surface area contributed by atoms with Crippen LogP contribution in [0.2, 0.25) is 0 Å². The summed E-state index contributed by atoms with van der Waals surface area (Å²) in [5, 5.41) is 2.54. The highest BCUT2D eigenvalue weighted by Gasteiger charge is 1.87. The first-order chi connectivity index (χ1) is 4.43. The van der Waals surface area contributed by atoms with E-state index >= 15 is 0 Å². The molecule has 0 aliphatic carbocycles. The molecule has 0 fully saturated rings. The van der Waals surface area contributed by atoms with Crippen molar-refractivity contribution in [3.05, 3.63) is 24.3 Å². The fourth-order valence-corrected chi connectivity index (χ4v) is 0.615. The smallest absolute Gasteiger partial charge is 0.133 e. The number of aromatic nitrogens is 2. The van der Waals surface area contributed by atoms with E-state index < -0.39 is 0 Å². The molecule has 0 atom stereocenters. The van der Waals surface area contributed by atoms with Crippen molar-refractivity contribution in [2.45, 2.75) is 6.42 Å². The lowest BCUT2D eigenvalue weighted by Crippen LogP contribution is -1.91. The van der Waals surface area contributed by atoms with Gasteiger partial charge in [-0.1, -0.05) is 12.2 Å². The molecule has 45 valence electrons. The fourth-order valence-electron chi connectivity index (χ4n) is 0.486. The molecule has 0 spiro atoms. The summed E-state index contributed by atoms with van der Waals surface area (Å²) in [6.45, 7) is 0. The van der Waals surface area contributed by atoms with Gasteiger partial charge in [-0.2, -0.15) is 0 Å². The quantitative estimate of drug-likeness (QED) is 0.566. The maximum Gasteiger partial charge on any atom is 0.133 e. The molecule has 0 aliphatic heterocycles. The summed E-state index contributed by atoms with van der Waals surface area (Å²) >= 11 is 4.50. The lowest BCUT2D eigenvalue weighted by atomic mass is 10.4. The molecule has 1 heterocycles. The second-order valence-electron chi connectivity index (χ2n) is 1.49. The highest BCUT2D eigenvalue weighted by Crippen LogP contribution is 1.85. The summed E-state index contributed by atoms with van der Waals surface area (Å²) < 4.78 is 0. The number of nitrogens with zero attached hydrogens (tertiary/aromatic N) is 2. The van der Waals surface area contributed by atoms with Gasteiger partial charge in [0, 0.05) is 24.2 Å². The Labute approximate surface area is 59.0 Å². The maximum absolute atomic E-state index is 4.50. The highest BCUT2D eigenvalue weighted by atomic mass is 32.1. The Morgan fingerprint density at radius 1 is 1.44 bits per heavy atom. The van der Waals surface area contributed by atoms with E-state index in [2.05, 4.69) is 27.6 Å². The van der Waals surface area contributed by atoms with Gasteiger partial charge in [0.25, 0.3) is 0 Å². The number of thiocarbonyl (C=S) groups is 1. The van der Waals surface area contributed by atoms with E-state index in [1.807, 2.05) is 0 Å². The van der Waals surface area contributed by atoms with Crippen molar-refractivity contribution < 1.29 is 0 Å². The Balaban J connectivity index is 2.72. The van der Waals surface area contributed by atoms with Crippen LogP contribution in [0.3, 0.4) is 0 Å². The van der Waals surface area contributed by atoms with Crippen LogP contribution in [-0.2, 0) is 6.42 Å². The van der Waals surface area contributed by atoms with Crippen molar-refractivity contribution >= 4 is 17.6 Å². The summed E-state index contributed by atoms with van der Waals surface area (Å²) in [6, 6.07) is 1.77. The van der Waals surface area contributed by atoms with E-state index in [0.29, 0.717) is 6.42 Å². The zero-order valence-corrected chi connectivity index (χ0v) is 5.56. The minimum absolute atomic E-state index is 0.552. The predicted molar refractivity (Wildman–Crippen MR) is 38.3 cm³/mol. The lowest BCUT2D eigenvalue weighted by molar-refractivity contribution is 1.02. The maximum atomic E-state index is 4.50. The van der Waals surface area contributed by atoms with Crippen LogP contribution in [0.1, 0.15) is 5.82 Å². The zero-order valence-electron chi connectivity index (χ0n) is 4.74. The lowest BCUT2D eigenvalue weighted by Gasteiger charge is -1.87. The molecule has 0 N–H and O–H groups in total. The molecule has 0 saturated heterocycles. The second-order valence-corrected chi connectivity index (χ2v) is 1.77. The topological polar surface area (TPSA) is 25.8 Å². The second kappa shape index (κ2) is 3.25. The summed E-state index contributed by atoms with van der Waals surface area (Å²) in [7, 11) is 0. The first-order valence-corrected chi connectivity index (χ1v) is 2.95. The summed E-state index contributed by atoms with van der Waals surface area (Å²) in [4.78, 5) is 7.86. The van der Waals surface area contributed by atoms with Crippen LogP contribution < -0.4 is 0 Å². The van der Waals surface area contributed by atoms with Crippen LogP contribution in [0.25, 0.3) is 0 Å². The zero-order chi connectivity index (χ0) is 6.53. The van der Waals surface area contributed by atoms with Crippen molar-refractivity contribution in [1.29, 1.82) is 0 Å². The van der Waals surface area contributed by atoms with E-state index in [0.717, 1.165) is 5.82 Å². The number of rotatable bonds is 2. The third-order valence-corrected chi connectivity index (χ3v) is 0.994. The third kappa shape index (κ3) is 1.85. The molecule has 0 amide bonds. The van der Waals surface area contributed by atoms with Crippen molar-refractivity contribution in [2.75, 3.05) is 0 Å². The summed E-state index contributed by atoms with van der Waals surface area (Å²) in [6.07, 6.45) is 3.93. The molecular formula is C6H5N2S. The molecule has 0 saturated carbocycles. The van der Waals surface area contributed by atoms with Gasteiger partial charge < -0.3 is 0 Å². The van der Waals surface area contributed by atoms with Crippen molar-refractivity contribution in [1.82, 2.24) is 9.97 Å². The largest absolute Gasteiger partial charge is 0.241 e. The minimum atomic E-state index is 0.552. The molecule has 1 radical (unpaired) electrons. The Kier molecular flexibility index (Phi) is 2.27. The molecule has 1 aromatic rings. The van der Waals surface area contributed by atoms with Gasteiger partial charge in [-0.15, -0.1) is 0 Å². The van der Waals surface area contributed by atoms with Crippen LogP contribution in [-0.4, -0.2) is 15.3 Å². The number of hydrogen-bond donors (Lipinski definition) is 0. The first kappa shape index (κ1) is 6.29. The minimum Gasteiger partial charge on any atom is -0.241 e. The molecule has 1 rings (SSSR count). The van der Waals surface area contributed by atoms with E-state index in [9.17, 15) is 0 Å². The van der Waals surface area contributed by atoms with Gasteiger partial charge in [-0.05, 0) is 6.07 Å². The van der Waals surface area contributed by atoms with Crippen LogP contribution in [0.5, 0.6) is 0 Å². The normalized spacial score (nSPS) is 8.89. The third-order valence-electron chi connectivity index (χ3n) is 0.850. The Morgan fingerprint density at radius 3 is 2.67 bits per heavy atom. The van der Waals surface area contributed by atoms with Gasteiger partial charge in [0.1, 0.15) is 5.82 Å². The number of hydrogen-bond acceptors (Lipinski definition) is 3. The van der Waals surface area contributed by atoms with Crippen LogP contribution in [0.15, 0.2) is 18.5 Å². The average Bonchev–Trinajstić information content (AvgIpc) is 1.91. The van der Waals surface area contributed by atoms with E-state index in [1.54, 1.807) is 18.5 Å². The monoisotopic (exact) mass is 137 g/mol. The van der Waals surface area contributed by atoms with E-state index in [-0.39, 0.29) is 0 Å². The van der Waals surface area contributed by atoms with Crippen LogP contribution in [0, 0.1) is 0 Å². The first-order valence-electron chi connectivity index (χ1n) is 2.54. The van der Waals surface area contributed by atoms with Gasteiger partial charge in [0.15, 0.2) is 0 Å². The molecule has 0 unspecified atom stereocenters. The van der Waals surface area contributed by atoms with Crippen LogP contribution in [0.4, 0.5) is 0 Å². The van der Waals surface area contributed by atoms with E-state index in [1.165, 1.54) is 0 Å². The molecule has 9 heavy (non-hydrogen) atoms. The molecule has 2 nitrogen and oxygen atoms in total. The molecule has 0 aliphatic rings. The molecule has 0 bridgehead atoms. The Bertz CT molecular complexity index is 186. The van der Waals surface area contributed by atoms with Crippen molar-refractivity contribution in [3.63, 3.8) is 0 Å². The van der Waals surface area contributed by atoms with Crippen molar-refractivity contribution in [2.24, 2.45) is 0 Å². The molecule has 0 aromatic carbocycles. The van der Waals surface area contributed by atoms with Gasteiger partial charge in [-0.3, -0.25) is 0 Å². The summed E-state index contributed by atoms with van der Waals surface area (Å²) in [5.41, 5.74) is 0. The van der Waals surface area contributed by atoms with Gasteiger partial charge >= 0.3 is 0 Å². The SMILES string of the molecule is S=[C]Cc1ncccn1. The van der Waals surface area contributed by atoms with Gasteiger partial charge in [0.2, 0.25) is 0 Å². The average molecular weight is 137 g/mol. The highest BCUT2D eigenvalue weighted by molar-refractivity contribution is 7.78. The van der Waals surface area contributed by atoms with Gasteiger partial charge in [0.05, 0.1) is 0 Å². The van der Waals surface area contributed by atoms with E-state index in [4.69, 9.17) is 0 Å². The Morgan fingerprint density at radius 2 is 2.11 bits per heavy atom. The molecular weight excluding hydrogens is 132 g/mol. The predicted octanol–water partition coefficient (Wildman–Crippen LogP) is 0.896. The molecule has 3 heteroatoms.